The first kappa shape index (κ1) is 11.1. The second-order valence-electron chi connectivity index (χ2n) is 2.62. The fourth-order valence-corrected chi connectivity index (χ4v) is 1.52. The standard InChI is InChI=1S/C8H9N3S.C2H6/c1-5-10-7-3-2-6(12-9)4-8(7)11-5;1-2/h2-4H,9H2,1H3,(H,10,11);1-2H3. The lowest BCUT2D eigenvalue weighted by molar-refractivity contribution is 1.17. The van der Waals surface area contributed by atoms with Crippen molar-refractivity contribution < 1.29 is 0 Å². The van der Waals surface area contributed by atoms with E-state index in [0.29, 0.717) is 0 Å². The van der Waals surface area contributed by atoms with Gasteiger partial charge in [0.1, 0.15) is 5.82 Å². The van der Waals surface area contributed by atoms with E-state index >= 15 is 0 Å². The molecule has 1 aromatic carbocycles. The van der Waals surface area contributed by atoms with Crippen LogP contribution < -0.4 is 5.14 Å². The average Bonchev–Trinajstić information content (AvgIpc) is 2.59. The van der Waals surface area contributed by atoms with Crippen LogP contribution in [0.25, 0.3) is 11.0 Å². The number of imidazole rings is 1. The van der Waals surface area contributed by atoms with Gasteiger partial charge in [0.05, 0.1) is 11.0 Å². The lowest BCUT2D eigenvalue weighted by Gasteiger charge is -1.93. The summed E-state index contributed by atoms with van der Waals surface area (Å²) < 4.78 is 0. The van der Waals surface area contributed by atoms with Crippen molar-refractivity contribution in [1.29, 1.82) is 0 Å². The molecule has 0 fully saturated rings. The molecule has 3 nitrogen and oxygen atoms in total. The van der Waals surface area contributed by atoms with Crippen molar-refractivity contribution in [1.82, 2.24) is 9.97 Å². The summed E-state index contributed by atoms with van der Waals surface area (Å²) in [5.41, 5.74) is 2.04. The second kappa shape index (κ2) is 5.02. The van der Waals surface area contributed by atoms with Gasteiger partial charge < -0.3 is 4.98 Å². The summed E-state index contributed by atoms with van der Waals surface area (Å²) >= 11 is 1.25. The summed E-state index contributed by atoms with van der Waals surface area (Å²) in [6, 6.07) is 5.93. The minimum absolute atomic E-state index is 0.934. The number of benzene rings is 1. The first-order chi connectivity index (χ1) is 6.79. The van der Waals surface area contributed by atoms with Crippen molar-refractivity contribution >= 4 is 23.0 Å². The number of aromatic nitrogens is 2. The molecule has 1 heterocycles. The van der Waals surface area contributed by atoms with Gasteiger partial charge in [-0.05, 0) is 37.1 Å². The van der Waals surface area contributed by atoms with Crippen molar-refractivity contribution in [3.63, 3.8) is 0 Å². The van der Waals surface area contributed by atoms with Crippen LogP contribution in [-0.4, -0.2) is 9.97 Å². The van der Waals surface area contributed by atoms with Crippen LogP contribution in [0, 0.1) is 6.92 Å². The smallest absolute Gasteiger partial charge is 0.104 e. The number of nitrogens with one attached hydrogen (secondary N) is 1. The van der Waals surface area contributed by atoms with Crippen molar-refractivity contribution in [2.24, 2.45) is 5.14 Å². The highest BCUT2D eigenvalue weighted by molar-refractivity contribution is 7.97. The van der Waals surface area contributed by atoms with E-state index in [1.165, 1.54) is 11.9 Å². The zero-order chi connectivity index (χ0) is 10.6. The first-order valence-corrected chi connectivity index (χ1v) is 5.50. The van der Waals surface area contributed by atoms with Crippen LogP contribution in [-0.2, 0) is 0 Å². The normalized spacial score (nSPS) is 9.71. The Morgan fingerprint density at radius 3 is 2.71 bits per heavy atom. The van der Waals surface area contributed by atoms with E-state index in [1.807, 2.05) is 39.0 Å². The van der Waals surface area contributed by atoms with Gasteiger partial charge in [0, 0.05) is 4.90 Å². The number of fused-ring (bicyclic) bond motifs is 1. The summed E-state index contributed by atoms with van der Waals surface area (Å²) in [4.78, 5) is 8.48. The fourth-order valence-electron chi connectivity index (χ4n) is 1.19. The number of aryl methyl sites for hydroxylation is 1. The van der Waals surface area contributed by atoms with Gasteiger partial charge in [0.25, 0.3) is 0 Å². The zero-order valence-corrected chi connectivity index (χ0v) is 9.48. The van der Waals surface area contributed by atoms with Crippen molar-refractivity contribution in [2.45, 2.75) is 25.7 Å². The Morgan fingerprint density at radius 1 is 1.36 bits per heavy atom. The van der Waals surface area contributed by atoms with Crippen LogP contribution in [0.4, 0.5) is 0 Å². The number of hydrogen-bond donors (Lipinski definition) is 2. The lowest BCUT2D eigenvalue weighted by Crippen LogP contribution is -1.78. The van der Waals surface area contributed by atoms with Gasteiger partial charge in [-0.15, -0.1) is 0 Å². The van der Waals surface area contributed by atoms with E-state index in [0.717, 1.165) is 21.8 Å². The number of H-pyrrole nitrogens is 1. The van der Waals surface area contributed by atoms with Crippen LogP contribution >= 0.6 is 11.9 Å². The summed E-state index contributed by atoms with van der Waals surface area (Å²) in [5, 5.41) is 5.43. The Kier molecular flexibility index (Phi) is 3.98. The molecule has 0 aliphatic rings. The highest BCUT2D eigenvalue weighted by Gasteiger charge is 1.99. The topological polar surface area (TPSA) is 54.7 Å². The minimum atomic E-state index is 0.934. The molecule has 0 saturated heterocycles. The Balaban J connectivity index is 0.000000461. The molecule has 2 rings (SSSR count). The quantitative estimate of drug-likeness (QED) is 0.710. The predicted molar refractivity (Wildman–Crippen MR) is 62.2 cm³/mol. The Morgan fingerprint density at radius 2 is 2.07 bits per heavy atom. The SMILES string of the molecule is CC.Cc1nc2ccc(SN)cc2[nH]1. The molecule has 0 aliphatic carbocycles. The molecule has 0 spiro atoms. The third kappa shape index (κ3) is 2.27. The van der Waals surface area contributed by atoms with Gasteiger partial charge >= 0.3 is 0 Å². The number of nitrogens with zero attached hydrogens (tertiary/aromatic N) is 1. The number of nitrogens with two attached hydrogens (primary N) is 1. The van der Waals surface area contributed by atoms with Crippen LogP contribution in [0.1, 0.15) is 19.7 Å². The molecule has 0 radical (unpaired) electrons. The van der Waals surface area contributed by atoms with E-state index in [-0.39, 0.29) is 0 Å². The molecule has 76 valence electrons. The minimum Gasteiger partial charge on any atom is -0.342 e. The summed E-state index contributed by atoms with van der Waals surface area (Å²) in [7, 11) is 0. The second-order valence-corrected chi connectivity index (χ2v) is 3.33. The molecule has 0 amide bonds. The Labute approximate surface area is 88.2 Å². The van der Waals surface area contributed by atoms with E-state index in [4.69, 9.17) is 5.14 Å². The van der Waals surface area contributed by atoms with E-state index in [1.54, 1.807) is 0 Å². The molecular formula is C10H15N3S. The highest BCUT2D eigenvalue weighted by Crippen LogP contribution is 2.18. The molecule has 4 heteroatoms. The van der Waals surface area contributed by atoms with Crippen molar-refractivity contribution in [3.8, 4) is 0 Å². The Hall–Kier alpha value is -1.00. The number of hydrogen-bond acceptors (Lipinski definition) is 3. The van der Waals surface area contributed by atoms with Gasteiger partial charge in [-0.3, -0.25) is 5.14 Å². The fraction of sp³-hybridized carbons (Fsp3) is 0.300. The third-order valence-electron chi connectivity index (χ3n) is 1.71. The summed E-state index contributed by atoms with van der Waals surface area (Å²) in [5.74, 6) is 0.934. The molecule has 14 heavy (non-hydrogen) atoms. The van der Waals surface area contributed by atoms with E-state index in [9.17, 15) is 0 Å². The maximum absolute atomic E-state index is 5.43. The average molecular weight is 209 g/mol. The summed E-state index contributed by atoms with van der Waals surface area (Å²) in [6.45, 7) is 5.94. The van der Waals surface area contributed by atoms with Crippen LogP contribution in [0.5, 0.6) is 0 Å². The van der Waals surface area contributed by atoms with E-state index < -0.39 is 0 Å². The third-order valence-corrected chi connectivity index (χ3v) is 2.23. The van der Waals surface area contributed by atoms with Crippen LogP contribution in [0.15, 0.2) is 23.1 Å². The molecule has 0 bridgehead atoms. The molecule has 1 aromatic heterocycles. The van der Waals surface area contributed by atoms with Crippen molar-refractivity contribution in [2.75, 3.05) is 0 Å². The van der Waals surface area contributed by atoms with Gasteiger partial charge in [0.15, 0.2) is 0 Å². The largest absolute Gasteiger partial charge is 0.342 e. The number of aromatic amines is 1. The lowest BCUT2D eigenvalue weighted by atomic mass is 10.3. The summed E-state index contributed by atoms with van der Waals surface area (Å²) in [6.07, 6.45) is 0. The van der Waals surface area contributed by atoms with Crippen LogP contribution in [0.3, 0.4) is 0 Å². The monoisotopic (exact) mass is 209 g/mol. The molecule has 0 aliphatic heterocycles. The molecular weight excluding hydrogens is 194 g/mol. The van der Waals surface area contributed by atoms with E-state index in [2.05, 4.69) is 9.97 Å². The molecule has 0 saturated carbocycles. The highest BCUT2D eigenvalue weighted by atomic mass is 32.2. The number of rotatable bonds is 1. The first-order valence-electron chi connectivity index (χ1n) is 4.63. The predicted octanol–water partition coefficient (Wildman–Crippen LogP) is 2.86. The molecule has 0 atom stereocenters. The molecule has 0 unspecified atom stereocenters. The maximum Gasteiger partial charge on any atom is 0.104 e. The maximum atomic E-state index is 5.43. The van der Waals surface area contributed by atoms with Crippen LogP contribution in [0.2, 0.25) is 0 Å². The molecule has 2 aromatic rings. The van der Waals surface area contributed by atoms with Gasteiger partial charge in [0.2, 0.25) is 0 Å². The molecule has 3 N–H and O–H groups in total. The Bertz CT molecular complexity index is 409. The zero-order valence-electron chi connectivity index (χ0n) is 8.66. The van der Waals surface area contributed by atoms with Gasteiger partial charge in [-0.1, -0.05) is 13.8 Å². The van der Waals surface area contributed by atoms with Crippen molar-refractivity contribution in [3.05, 3.63) is 24.0 Å². The van der Waals surface area contributed by atoms with Gasteiger partial charge in [-0.25, -0.2) is 4.98 Å². The van der Waals surface area contributed by atoms with Gasteiger partial charge in [-0.2, -0.15) is 0 Å².